The first-order valence-corrected chi connectivity index (χ1v) is 6.06. The number of nitrogen functional groups attached to an aromatic ring is 1. The van der Waals surface area contributed by atoms with Crippen molar-refractivity contribution in [2.24, 2.45) is 0 Å². The topological polar surface area (TPSA) is 116 Å². The molecule has 0 amide bonds. The van der Waals surface area contributed by atoms with Crippen molar-refractivity contribution in [3.63, 3.8) is 0 Å². The van der Waals surface area contributed by atoms with Gasteiger partial charge >= 0.3 is 0 Å². The van der Waals surface area contributed by atoms with Crippen LogP contribution in [0.4, 0.5) is 11.4 Å². The van der Waals surface area contributed by atoms with Gasteiger partial charge in [-0.1, -0.05) is 0 Å². The summed E-state index contributed by atoms with van der Waals surface area (Å²) >= 11 is 0. The molecule has 7 heteroatoms. The van der Waals surface area contributed by atoms with E-state index in [0.717, 1.165) is 0 Å². The van der Waals surface area contributed by atoms with Crippen molar-refractivity contribution in [2.75, 3.05) is 16.2 Å². The highest BCUT2D eigenvalue weighted by molar-refractivity contribution is 7.92. The van der Waals surface area contributed by atoms with Crippen LogP contribution in [0, 0.1) is 11.3 Å². The van der Waals surface area contributed by atoms with Crippen molar-refractivity contribution in [1.29, 1.82) is 5.26 Å². The molecule has 16 heavy (non-hydrogen) atoms. The zero-order valence-electron chi connectivity index (χ0n) is 8.34. The number of nitrogens with zero attached hydrogens (tertiary/aromatic N) is 1. The lowest BCUT2D eigenvalue weighted by Crippen LogP contribution is -2.16. The third-order valence-corrected chi connectivity index (χ3v) is 3.07. The number of aromatic hydroxyl groups is 1. The molecular formula is C9H11N3O3S. The number of phenolic OH excluding ortho intramolecular Hbond substituents is 1. The van der Waals surface area contributed by atoms with E-state index >= 15 is 0 Å². The Kier molecular flexibility index (Phi) is 3.58. The predicted molar refractivity (Wildman–Crippen MR) is 60.2 cm³/mol. The summed E-state index contributed by atoms with van der Waals surface area (Å²) in [6.07, 6.45) is -0.0805. The summed E-state index contributed by atoms with van der Waals surface area (Å²) in [5.41, 5.74) is 5.74. The van der Waals surface area contributed by atoms with Crippen molar-refractivity contribution in [1.82, 2.24) is 0 Å². The summed E-state index contributed by atoms with van der Waals surface area (Å²) < 4.78 is 25.0. The number of phenols is 1. The van der Waals surface area contributed by atoms with E-state index in [1.807, 2.05) is 0 Å². The molecule has 0 aliphatic heterocycles. The third kappa shape index (κ3) is 3.33. The Morgan fingerprint density at radius 3 is 2.75 bits per heavy atom. The van der Waals surface area contributed by atoms with Gasteiger partial charge in [0.15, 0.2) is 0 Å². The van der Waals surface area contributed by atoms with Gasteiger partial charge in [-0.3, -0.25) is 4.72 Å². The smallest absolute Gasteiger partial charge is 0.233 e. The van der Waals surface area contributed by atoms with E-state index in [4.69, 9.17) is 16.1 Å². The second-order valence-corrected chi connectivity index (χ2v) is 4.94. The number of nitrogens with two attached hydrogens (primary N) is 1. The van der Waals surface area contributed by atoms with Gasteiger partial charge in [-0.2, -0.15) is 5.26 Å². The van der Waals surface area contributed by atoms with Crippen molar-refractivity contribution < 1.29 is 13.5 Å². The summed E-state index contributed by atoms with van der Waals surface area (Å²) in [5.74, 6) is -0.385. The second-order valence-electron chi connectivity index (χ2n) is 3.10. The fourth-order valence-electron chi connectivity index (χ4n) is 1.03. The molecule has 0 unspecified atom stereocenters. The Morgan fingerprint density at radius 2 is 2.19 bits per heavy atom. The largest absolute Gasteiger partial charge is 0.506 e. The van der Waals surface area contributed by atoms with E-state index in [1.54, 1.807) is 6.07 Å². The maximum Gasteiger partial charge on any atom is 0.233 e. The first kappa shape index (κ1) is 12.1. The first-order valence-electron chi connectivity index (χ1n) is 4.40. The van der Waals surface area contributed by atoms with Gasteiger partial charge < -0.3 is 10.8 Å². The van der Waals surface area contributed by atoms with Crippen LogP contribution in [0.15, 0.2) is 18.2 Å². The molecule has 1 aromatic rings. The van der Waals surface area contributed by atoms with Crippen LogP contribution in [0.5, 0.6) is 5.75 Å². The molecule has 1 rings (SSSR count). The number of nitrogens with one attached hydrogen (secondary N) is 1. The highest BCUT2D eigenvalue weighted by Gasteiger charge is 2.10. The number of sulfonamides is 1. The maximum atomic E-state index is 11.4. The summed E-state index contributed by atoms with van der Waals surface area (Å²) in [6.45, 7) is 0. The number of benzene rings is 1. The maximum absolute atomic E-state index is 11.4. The van der Waals surface area contributed by atoms with E-state index in [-0.39, 0.29) is 29.3 Å². The lowest BCUT2D eigenvalue weighted by Gasteiger charge is -2.07. The van der Waals surface area contributed by atoms with Gasteiger partial charge in [-0.05, 0) is 18.2 Å². The minimum absolute atomic E-state index is 0.0805. The van der Waals surface area contributed by atoms with Gasteiger partial charge in [-0.15, -0.1) is 0 Å². The third-order valence-electron chi connectivity index (χ3n) is 1.78. The van der Waals surface area contributed by atoms with Crippen molar-refractivity contribution in [3.05, 3.63) is 18.2 Å². The molecule has 4 N–H and O–H groups in total. The lowest BCUT2D eigenvalue weighted by atomic mass is 10.3. The SMILES string of the molecule is N#CCCS(=O)(=O)Nc1ccc(O)c(N)c1. The molecule has 0 saturated carbocycles. The minimum Gasteiger partial charge on any atom is -0.506 e. The van der Waals surface area contributed by atoms with Crippen LogP contribution in [0.2, 0.25) is 0 Å². The fraction of sp³-hybridized carbons (Fsp3) is 0.222. The van der Waals surface area contributed by atoms with Gasteiger partial charge in [0.2, 0.25) is 10.0 Å². The number of anilines is 2. The molecule has 0 saturated heterocycles. The predicted octanol–water partition coefficient (Wildman–Crippen LogP) is 0.630. The Hall–Kier alpha value is -1.94. The Balaban J connectivity index is 2.81. The summed E-state index contributed by atoms with van der Waals surface area (Å²) in [6, 6.07) is 5.72. The van der Waals surface area contributed by atoms with Crippen molar-refractivity contribution in [2.45, 2.75) is 6.42 Å². The number of hydrogen-bond acceptors (Lipinski definition) is 5. The molecule has 6 nitrogen and oxygen atoms in total. The quantitative estimate of drug-likeness (QED) is 0.406. The van der Waals surface area contributed by atoms with Crippen LogP contribution in [-0.2, 0) is 10.0 Å². The van der Waals surface area contributed by atoms with Gasteiger partial charge in [0.1, 0.15) is 5.75 Å². The molecular weight excluding hydrogens is 230 g/mol. The van der Waals surface area contributed by atoms with E-state index in [2.05, 4.69) is 4.72 Å². The number of rotatable bonds is 4. The van der Waals surface area contributed by atoms with Gasteiger partial charge in [-0.25, -0.2) is 8.42 Å². The van der Waals surface area contributed by atoms with E-state index < -0.39 is 10.0 Å². The van der Waals surface area contributed by atoms with E-state index in [9.17, 15) is 8.42 Å². The van der Waals surface area contributed by atoms with E-state index in [1.165, 1.54) is 18.2 Å². The van der Waals surface area contributed by atoms with E-state index in [0.29, 0.717) is 0 Å². The number of nitriles is 1. The molecule has 0 spiro atoms. The van der Waals surface area contributed by atoms with Crippen molar-refractivity contribution >= 4 is 21.4 Å². The molecule has 0 bridgehead atoms. The highest BCUT2D eigenvalue weighted by Crippen LogP contribution is 2.23. The Bertz CT molecular complexity index is 519. The summed E-state index contributed by atoms with van der Waals surface area (Å²) in [5, 5.41) is 17.4. The van der Waals surface area contributed by atoms with Crippen LogP contribution in [0.25, 0.3) is 0 Å². The second kappa shape index (κ2) is 4.72. The van der Waals surface area contributed by atoms with Crippen LogP contribution in [0.3, 0.4) is 0 Å². The van der Waals surface area contributed by atoms with Gasteiger partial charge in [0, 0.05) is 0 Å². The molecule has 0 aromatic heterocycles. The normalized spacial score (nSPS) is 10.7. The molecule has 1 aromatic carbocycles. The zero-order chi connectivity index (χ0) is 12.2. The van der Waals surface area contributed by atoms with Gasteiger partial charge in [0.25, 0.3) is 0 Å². The first-order chi connectivity index (χ1) is 7.44. The highest BCUT2D eigenvalue weighted by atomic mass is 32.2. The van der Waals surface area contributed by atoms with Crippen LogP contribution < -0.4 is 10.5 Å². The summed E-state index contributed by atoms with van der Waals surface area (Å²) in [7, 11) is -3.54. The van der Waals surface area contributed by atoms with Crippen molar-refractivity contribution in [3.8, 4) is 11.8 Å². The number of hydrogen-bond donors (Lipinski definition) is 3. The molecule has 86 valence electrons. The molecule has 0 radical (unpaired) electrons. The molecule has 0 fully saturated rings. The standard InChI is InChI=1S/C9H11N3O3S/c10-4-1-5-16(14,15)12-7-2-3-9(13)8(11)6-7/h2-3,6,12-13H,1,5,11H2. The summed E-state index contributed by atoms with van der Waals surface area (Å²) in [4.78, 5) is 0. The minimum atomic E-state index is -3.54. The van der Waals surface area contributed by atoms with Crippen LogP contribution in [-0.4, -0.2) is 19.3 Å². The van der Waals surface area contributed by atoms with Gasteiger partial charge in [0.05, 0.1) is 29.6 Å². The zero-order valence-corrected chi connectivity index (χ0v) is 9.16. The molecule has 0 aliphatic rings. The molecule has 0 heterocycles. The average molecular weight is 241 g/mol. The fourth-order valence-corrected chi connectivity index (χ4v) is 1.98. The molecule has 0 aliphatic carbocycles. The van der Waals surface area contributed by atoms with Crippen LogP contribution >= 0.6 is 0 Å². The lowest BCUT2D eigenvalue weighted by molar-refractivity contribution is 0.478. The van der Waals surface area contributed by atoms with Crippen LogP contribution in [0.1, 0.15) is 6.42 Å². The molecule has 0 atom stereocenters. The monoisotopic (exact) mass is 241 g/mol. The average Bonchev–Trinajstić information content (AvgIpc) is 2.20. The Morgan fingerprint density at radius 1 is 1.50 bits per heavy atom. The Labute approximate surface area is 93.4 Å².